The van der Waals surface area contributed by atoms with Crippen molar-refractivity contribution in [2.75, 3.05) is 6.54 Å². The van der Waals surface area contributed by atoms with Gasteiger partial charge in [-0.25, -0.2) is 4.98 Å². The van der Waals surface area contributed by atoms with Crippen LogP contribution < -0.4 is 5.73 Å². The number of para-hydroxylation sites is 2. The van der Waals surface area contributed by atoms with Crippen molar-refractivity contribution in [2.24, 2.45) is 5.73 Å². The lowest BCUT2D eigenvalue weighted by Gasteiger charge is -2.18. The second-order valence-electron chi connectivity index (χ2n) is 4.08. The van der Waals surface area contributed by atoms with E-state index in [1.807, 2.05) is 24.3 Å². The molecule has 4 heteroatoms. The van der Waals surface area contributed by atoms with Gasteiger partial charge in [0, 0.05) is 13.0 Å². The Morgan fingerprint density at radius 2 is 2.20 bits per heavy atom. The fourth-order valence-electron chi connectivity index (χ4n) is 1.52. The number of aromatic amines is 1. The maximum atomic E-state index is 9.82. The Hall–Kier alpha value is -1.39. The maximum absolute atomic E-state index is 9.82. The number of fused-ring (bicyclic) bond motifs is 1. The summed E-state index contributed by atoms with van der Waals surface area (Å²) >= 11 is 0. The Morgan fingerprint density at radius 1 is 1.47 bits per heavy atom. The third-order valence-corrected chi connectivity index (χ3v) is 2.43. The molecule has 0 spiro atoms. The molecule has 80 valence electrons. The molecule has 0 aliphatic rings. The first kappa shape index (κ1) is 10.1. The molecular weight excluding hydrogens is 190 g/mol. The van der Waals surface area contributed by atoms with Gasteiger partial charge in [-0.05, 0) is 19.1 Å². The summed E-state index contributed by atoms with van der Waals surface area (Å²) in [5.41, 5.74) is 6.47. The molecule has 15 heavy (non-hydrogen) atoms. The average molecular weight is 205 g/mol. The molecule has 0 fully saturated rings. The van der Waals surface area contributed by atoms with Crippen molar-refractivity contribution in [2.45, 2.75) is 18.9 Å². The normalized spacial score (nSPS) is 15.4. The third-order valence-electron chi connectivity index (χ3n) is 2.43. The number of aliphatic hydroxyl groups is 1. The van der Waals surface area contributed by atoms with Gasteiger partial charge in [0.05, 0.1) is 16.6 Å². The molecule has 4 N–H and O–H groups in total. The molecule has 0 saturated heterocycles. The van der Waals surface area contributed by atoms with Gasteiger partial charge < -0.3 is 15.8 Å². The zero-order valence-electron chi connectivity index (χ0n) is 8.70. The Labute approximate surface area is 88.1 Å². The summed E-state index contributed by atoms with van der Waals surface area (Å²) in [5, 5.41) is 9.82. The first-order chi connectivity index (χ1) is 7.11. The van der Waals surface area contributed by atoms with Gasteiger partial charge in [-0.2, -0.15) is 0 Å². The van der Waals surface area contributed by atoms with Gasteiger partial charge >= 0.3 is 0 Å². The zero-order chi connectivity index (χ0) is 10.9. The average Bonchev–Trinajstić information content (AvgIpc) is 2.58. The van der Waals surface area contributed by atoms with E-state index in [4.69, 9.17) is 5.73 Å². The number of nitrogens with zero attached hydrogens (tertiary/aromatic N) is 1. The molecule has 0 saturated carbocycles. The highest BCUT2D eigenvalue weighted by molar-refractivity contribution is 5.74. The van der Waals surface area contributed by atoms with Crippen LogP contribution in [0.4, 0.5) is 0 Å². The summed E-state index contributed by atoms with van der Waals surface area (Å²) in [4.78, 5) is 7.53. The molecule has 1 aromatic heterocycles. The van der Waals surface area contributed by atoms with Crippen LogP contribution in [0.2, 0.25) is 0 Å². The van der Waals surface area contributed by atoms with E-state index in [1.165, 1.54) is 0 Å². The minimum Gasteiger partial charge on any atom is -0.388 e. The first-order valence-electron chi connectivity index (χ1n) is 4.97. The molecule has 0 aliphatic heterocycles. The van der Waals surface area contributed by atoms with Gasteiger partial charge in [0.15, 0.2) is 0 Å². The van der Waals surface area contributed by atoms with Crippen molar-refractivity contribution < 1.29 is 5.11 Å². The van der Waals surface area contributed by atoms with E-state index in [2.05, 4.69) is 9.97 Å². The molecule has 2 aromatic rings. The van der Waals surface area contributed by atoms with Crippen LogP contribution in [0.1, 0.15) is 12.7 Å². The van der Waals surface area contributed by atoms with Crippen LogP contribution in [-0.4, -0.2) is 27.2 Å². The van der Waals surface area contributed by atoms with Gasteiger partial charge in [-0.15, -0.1) is 0 Å². The maximum Gasteiger partial charge on any atom is 0.110 e. The van der Waals surface area contributed by atoms with Gasteiger partial charge in [0.1, 0.15) is 5.82 Å². The third kappa shape index (κ3) is 2.16. The number of H-pyrrole nitrogens is 1. The number of imidazole rings is 1. The predicted octanol–water partition coefficient (Wildman–Crippen LogP) is 0.815. The number of aromatic nitrogens is 2. The van der Waals surface area contributed by atoms with E-state index in [1.54, 1.807) is 6.92 Å². The largest absolute Gasteiger partial charge is 0.388 e. The summed E-state index contributed by atoms with van der Waals surface area (Å²) in [7, 11) is 0. The number of rotatable bonds is 3. The Balaban J connectivity index is 2.30. The van der Waals surface area contributed by atoms with E-state index in [9.17, 15) is 5.11 Å². The van der Waals surface area contributed by atoms with Crippen molar-refractivity contribution in [1.82, 2.24) is 9.97 Å². The molecule has 1 aromatic carbocycles. The molecular formula is C11H15N3O. The van der Waals surface area contributed by atoms with E-state index in [0.29, 0.717) is 6.42 Å². The molecule has 0 amide bonds. The van der Waals surface area contributed by atoms with Gasteiger partial charge in [-0.1, -0.05) is 12.1 Å². The quantitative estimate of drug-likeness (QED) is 0.694. The number of hydrogen-bond donors (Lipinski definition) is 3. The Kier molecular flexibility index (Phi) is 2.46. The summed E-state index contributed by atoms with van der Waals surface area (Å²) in [6, 6.07) is 7.79. The molecule has 0 aliphatic carbocycles. The van der Waals surface area contributed by atoms with Crippen molar-refractivity contribution in [3.05, 3.63) is 30.1 Å². The first-order valence-corrected chi connectivity index (χ1v) is 4.97. The Bertz CT molecular complexity index is 429. The van der Waals surface area contributed by atoms with Crippen molar-refractivity contribution in [3.63, 3.8) is 0 Å². The van der Waals surface area contributed by atoms with Gasteiger partial charge in [0.2, 0.25) is 0 Å². The van der Waals surface area contributed by atoms with E-state index >= 15 is 0 Å². The van der Waals surface area contributed by atoms with Crippen LogP contribution in [0, 0.1) is 0 Å². The van der Waals surface area contributed by atoms with Crippen LogP contribution in [0.5, 0.6) is 0 Å². The number of hydrogen-bond acceptors (Lipinski definition) is 3. The predicted molar refractivity (Wildman–Crippen MR) is 59.5 cm³/mol. The van der Waals surface area contributed by atoms with Crippen LogP contribution in [0.15, 0.2) is 24.3 Å². The number of benzene rings is 1. The summed E-state index contributed by atoms with van der Waals surface area (Å²) in [6.07, 6.45) is 0.443. The van der Waals surface area contributed by atoms with Crippen LogP contribution >= 0.6 is 0 Å². The fraction of sp³-hybridized carbons (Fsp3) is 0.364. The molecule has 2 rings (SSSR count). The highest BCUT2D eigenvalue weighted by Gasteiger charge is 2.20. The zero-order valence-corrected chi connectivity index (χ0v) is 8.70. The lowest BCUT2D eigenvalue weighted by molar-refractivity contribution is 0.0678. The topological polar surface area (TPSA) is 74.9 Å². The highest BCUT2D eigenvalue weighted by Crippen LogP contribution is 2.14. The van der Waals surface area contributed by atoms with E-state index < -0.39 is 5.60 Å². The summed E-state index contributed by atoms with van der Waals surface area (Å²) in [5.74, 6) is 0.770. The van der Waals surface area contributed by atoms with Crippen LogP contribution in [0.3, 0.4) is 0 Å². The molecule has 1 unspecified atom stereocenters. The summed E-state index contributed by atoms with van der Waals surface area (Å²) < 4.78 is 0. The minimum absolute atomic E-state index is 0.226. The lowest BCUT2D eigenvalue weighted by Crippen LogP contribution is -2.36. The highest BCUT2D eigenvalue weighted by atomic mass is 16.3. The minimum atomic E-state index is -0.895. The molecule has 1 atom stereocenters. The number of nitrogens with one attached hydrogen (secondary N) is 1. The smallest absolute Gasteiger partial charge is 0.110 e. The molecule has 4 nitrogen and oxygen atoms in total. The van der Waals surface area contributed by atoms with E-state index in [-0.39, 0.29) is 6.54 Å². The molecule has 0 radical (unpaired) electrons. The van der Waals surface area contributed by atoms with Crippen molar-refractivity contribution >= 4 is 11.0 Å². The monoisotopic (exact) mass is 205 g/mol. The van der Waals surface area contributed by atoms with Crippen molar-refractivity contribution in [3.8, 4) is 0 Å². The van der Waals surface area contributed by atoms with Gasteiger partial charge in [-0.3, -0.25) is 0 Å². The second-order valence-corrected chi connectivity index (χ2v) is 4.08. The van der Waals surface area contributed by atoms with Crippen molar-refractivity contribution in [1.29, 1.82) is 0 Å². The van der Waals surface area contributed by atoms with E-state index in [0.717, 1.165) is 16.9 Å². The lowest BCUT2D eigenvalue weighted by atomic mass is 10.0. The molecule has 1 heterocycles. The fourth-order valence-corrected chi connectivity index (χ4v) is 1.52. The standard InChI is InChI=1S/C11H15N3O/c1-11(15,7-12)6-10-13-8-4-2-3-5-9(8)14-10/h2-5,15H,6-7,12H2,1H3,(H,13,14). The second kappa shape index (κ2) is 3.64. The van der Waals surface area contributed by atoms with Crippen LogP contribution in [0.25, 0.3) is 11.0 Å². The Morgan fingerprint density at radius 3 is 2.87 bits per heavy atom. The van der Waals surface area contributed by atoms with Gasteiger partial charge in [0.25, 0.3) is 0 Å². The van der Waals surface area contributed by atoms with Crippen LogP contribution in [-0.2, 0) is 6.42 Å². The number of nitrogens with two attached hydrogens (primary N) is 1. The summed E-state index contributed by atoms with van der Waals surface area (Å²) in [6.45, 7) is 1.93. The SMILES string of the molecule is CC(O)(CN)Cc1nc2ccccc2[nH]1. The molecule has 0 bridgehead atoms.